The van der Waals surface area contributed by atoms with E-state index in [2.05, 4.69) is 23.5 Å². The minimum Gasteiger partial charge on any atom is -0.327 e. The van der Waals surface area contributed by atoms with Crippen LogP contribution in [0.2, 0.25) is 0 Å². The highest BCUT2D eigenvalue weighted by atomic mass is 16.2. The number of amides is 2. The number of carbonyl (C=O) groups is 2. The number of unbranched alkanes of at least 4 members (excludes halogenated alkanes) is 1. The summed E-state index contributed by atoms with van der Waals surface area (Å²) in [6, 6.07) is 0.192. The highest BCUT2D eigenvalue weighted by molar-refractivity contribution is 6.39. The summed E-state index contributed by atoms with van der Waals surface area (Å²) in [7, 11) is 0. The predicted molar refractivity (Wildman–Crippen MR) is 69.0 cm³/mol. The van der Waals surface area contributed by atoms with Gasteiger partial charge in [-0.2, -0.15) is 5.10 Å². The molecule has 0 aromatic carbocycles. The van der Waals surface area contributed by atoms with Gasteiger partial charge in [0.25, 0.3) is 5.91 Å². The fourth-order valence-corrected chi connectivity index (χ4v) is 2.26. The van der Waals surface area contributed by atoms with Gasteiger partial charge in [-0.1, -0.05) is 31.9 Å². The van der Waals surface area contributed by atoms with E-state index in [1.165, 1.54) is 0 Å². The number of nitrogens with zero attached hydrogens (tertiary/aromatic N) is 2. The molecule has 98 valence electrons. The second-order valence-electron chi connectivity index (χ2n) is 4.69. The maximum absolute atomic E-state index is 12.3. The molecular weight excluding hydrogens is 230 g/mol. The zero-order valence-electron chi connectivity index (χ0n) is 10.7. The maximum Gasteiger partial charge on any atom is 0.270 e. The molecule has 0 aromatic rings. The smallest absolute Gasteiger partial charge is 0.270 e. The van der Waals surface area contributed by atoms with E-state index in [1.54, 1.807) is 0 Å². The van der Waals surface area contributed by atoms with Gasteiger partial charge in [0.05, 0.1) is 6.04 Å². The Hall–Kier alpha value is -1.65. The molecule has 18 heavy (non-hydrogen) atoms. The van der Waals surface area contributed by atoms with Crippen molar-refractivity contribution in [3.8, 4) is 0 Å². The van der Waals surface area contributed by atoms with Crippen LogP contribution in [0.3, 0.4) is 0 Å². The van der Waals surface area contributed by atoms with Gasteiger partial charge >= 0.3 is 0 Å². The molecule has 2 rings (SSSR count). The summed E-state index contributed by atoms with van der Waals surface area (Å²) in [5.74, 6) is -0.158. The Morgan fingerprint density at radius 3 is 3.06 bits per heavy atom. The molecule has 0 fully saturated rings. The molecule has 0 saturated heterocycles. The standard InChI is InChI=1S/C13H19N3O2/c1-2-3-5-10-6-4-9-16(10)13(18)11-7-8-12(17)15-14-11/h4,6,10H,2-3,5,7-9H2,1H3,(H,15,17). The van der Waals surface area contributed by atoms with Crippen LogP contribution in [-0.2, 0) is 9.59 Å². The van der Waals surface area contributed by atoms with Crippen LogP contribution in [0.25, 0.3) is 0 Å². The molecule has 2 aliphatic rings. The molecule has 0 saturated carbocycles. The van der Waals surface area contributed by atoms with Crippen LogP contribution < -0.4 is 5.43 Å². The lowest BCUT2D eigenvalue weighted by Crippen LogP contribution is -2.43. The molecule has 0 spiro atoms. The van der Waals surface area contributed by atoms with Crippen molar-refractivity contribution in [3.05, 3.63) is 12.2 Å². The van der Waals surface area contributed by atoms with Gasteiger partial charge < -0.3 is 4.90 Å². The van der Waals surface area contributed by atoms with Crippen LogP contribution in [0, 0.1) is 0 Å². The minimum atomic E-state index is -0.117. The van der Waals surface area contributed by atoms with Crippen molar-refractivity contribution in [2.45, 2.75) is 45.1 Å². The molecule has 1 N–H and O–H groups in total. The highest BCUT2D eigenvalue weighted by Gasteiger charge is 2.29. The van der Waals surface area contributed by atoms with Crippen LogP contribution in [-0.4, -0.2) is 35.0 Å². The van der Waals surface area contributed by atoms with Crippen molar-refractivity contribution in [1.29, 1.82) is 0 Å². The van der Waals surface area contributed by atoms with Crippen molar-refractivity contribution in [2.75, 3.05) is 6.54 Å². The first-order valence-electron chi connectivity index (χ1n) is 6.55. The normalized spacial score (nSPS) is 22.9. The first-order chi connectivity index (χ1) is 8.72. The number of hydrogen-bond acceptors (Lipinski definition) is 3. The largest absolute Gasteiger partial charge is 0.327 e. The van der Waals surface area contributed by atoms with E-state index >= 15 is 0 Å². The van der Waals surface area contributed by atoms with Crippen molar-refractivity contribution in [2.24, 2.45) is 5.10 Å². The number of rotatable bonds is 4. The van der Waals surface area contributed by atoms with Crippen molar-refractivity contribution >= 4 is 17.5 Å². The van der Waals surface area contributed by atoms with Crippen LogP contribution in [0.5, 0.6) is 0 Å². The zero-order valence-corrected chi connectivity index (χ0v) is 10.7. The van der Waals surface area contributed by atoms with Gasteiger partial charge in [0, 0.05) is 19.4 Å². The first-order valence-corrected chi connectivity index (χ1v) is 6.55. The Labute approximate surface area is 107 Å². The number of hydrazone groups is 1. The Bertz CT molecular complexity index is 401. The summed E-state index contributed by atoms with van der Waals surface area (Å²) < 4.78 is 0. The predicted octanol–water partition coefficient (Wildman–Crippen LogP) is 1.21. The Kier molecular flexibility index (Phi) is 4.12. The summed E-state index contributed by atoms with van der Waals surface area (Å²) in [4.78, 5) is 25.1. The van der Waals surface area contributed by atoms with E-state index in [-0.39, 0.29) is 17.9 Å². The summed E-state index contributed by atoms with van der Waals surface area (Å²) in [6.07, 6.45) is 8.16. The van der Waals surface area contributed by atoms with Crippen LogP contribution in [0.15, 0.2) is 17.3 Å². The second kappa shape index (κ2) is 5.80. The topological polar surface area (TPSA) is 61.8 Å². The summed E-state index contributed by atoms with van der Waals surface area (Å²) in [5, 5.41) is 3.87. The van der Waals surface area contributed by atoms with Gasteiger partial charge in [0.1, 0.15) is 5.71 Å². The number of nitrogens with one attached hydrogen (secondary N) is 1. The lowest BCUT2D eigenvalue weighted by Gasteiger charge is -2.25. The third-order valence-corrected chi connectivity index (χ3v) is 3.33. The quantitative estimate of drug-likeness (QED) is 0.761. The molecule has 5 heteroatoms. The number of carbonyl (C=O) groups excluding carboxylic acids is 2. The summed E-state index contributed by atoms with van der Waals surface area (Å²) in [6.45, 7) is 2.80. The lowest BCUT2D eigenvalue weighted by atomic mass is 10.1. The lowest BCUT2D eigenvalue weighted by molar-refractivity contribution is -0.125. The van der Waals surface area contributed by atoms with Gasteiger partial charge in [-0.3, -0.25) is 9.59 Å². The monoisotopic (exact) mass is 249 g/mol. The van der Waals surface area contributed by atoms with E-state index < -0.39 is 0 Å². The molecule has 5 nitrogen and oxygen atoms in total. The zero-order chi connectivity index (χ0) is 13.0. The molecule has 2 aliphatic heterocycles. The second-order valence-corrected chi connectivity index (χ2v) is 4.69. The first kappa shape index (κ1) is 12.8. The van der Waals surface area contributed by atoms with E-state index in [1.807, 2.05) is 11.0 Å². The van der Waals surface area contributed by atoms with Gasteiger partial charge in [-0.15, -0.1) is 0 Å². The van der Waals surface area contributed by atoms with Crippen LogP contribution in [0.1, 0.15) is 39.0 Å². The molecule has 2 amide bonds. The van der Waals surface area contributed by atoms with E-state index in [4.69, 9.17) is 0 Å². The fourth-order valence-electron chi connectivity index (χ4n) is 2.26. The van der Waals surface area contributed by atoms with Gasteiger partial charge in [0.15, 0.2) is 0 Å². The fraction of sp³-hybridized carbons (Fsp3) is 0.615. The molecule has 0 bridgehead atoms. The molecule has 0 aromatic heterocycles. The van der Waals surface area contributed by atoms with Crippen molar-refractivity contribution in [3.63, 3.8) is 0 Å². The van der Waals surface area contributed by atoms with Crippen molar-refractivity contribution in [1.82, 2.24) is 10.3 Å². The van der Waals surface area contributed by atoms with Crippen molar-refractivity contribution < 1.29 is 9.59 Å². The third kappa shape index (κ3) is 2.78. The highest BCUT2D eigenvalue weighted by Crippen LogP contribution is 2.17. The molecular formula is C13H19N3O2. The van der Waals surface area contributed by atoms with Gasteiger partial charge in [0.2, 0.25) is 5.91 Å². The van der Waals surface area contributed by atoms with Crippen LogP contribution >= 0.6 is 0 Å². The van der Waals surface area contributed by atoms with Crippen LogP contribution in [0.4, 0.5) is 0 Å². The molecule has 1 atom stereocenters. The SMILES string of the molecule is CCCCC1C=CCN1C(=O)C1=NNC(=O)CC1. The summed E-state index contributed by atoms with van der Waals surface area (Å²) in [5.41, 5.74) is 2.85. The number of hydrogen-bond donors (Lipinski definition) is 1. The maximum atomic E-state index is 12.3. The van der Waals surface area contributed by atoms with E-state index in [0.717, 1.165) is 19.3 Å². The van der Waals surface area contributed by atoms with E-state index in [9.17, 15) is 9.59 Å². The third-order valence-electron chi connectivity index (χ3n) is 3.33. The van der Waals surface area contributed by atoms with E-state index in [0.29, 0.717) is 25.1 Å². The molecule has 0 aliphatic carbocycles. The Morgan fingerprint density at radius 1 is 1.56 bits per heavy atom. The summed E-state index contributed by atoms with van der Waals surface area (Å²) >= 11 is 0. The van der Waals surface area contributed by atoms with Gasteiger partial charge in [-0.25, -0.2) is 5.43 Å². The van der Waals surface area contributed by atoms with Gasteiger partial charge in [-0.05, 0) is 6.42 Å². The average molecular weight is 249 g/mol. The Balaban J connectivity index is 1.98. The molecule has 1 unspecified atom stereocenters. The average Bonchev–Trinajstić information content (AvgIpc) is 2.84. The minimum absolute atomic E-state index is 0.0406. The molecule has 0 radical (unpaired) electrons. The Morgan fingerprint density at radius 2 is 2.39 bits per heavy atom. The molecule has 2 heterocycles.